The molecule has 0 radical (unpaired) electrons. The average molecular weight is 410 g/mol. The van der Waals surface area contributed by atoms with Crippen LogP contribution >= 0.6 is 0 Å². The summed E-state index contributed by atoms with van der Waals surface area (Å²) >= 11 is 0. The summed E-state index contributed by atoms with van der Waals surface area (Å²) in [4.78, 5) is 36.7. The lowest BCUT2D eigenvalue weighted by atomic mass is 10.1. The van der Waals surface area contributed by atoms with Gasteiger partial charge in [0, 0.05) is 0 Å². The van der Waals surface area contributed by atoms with Crippen LogP contribution in [0.15, 0.2) is 54.1 Å². The predicted molar refractivity (Wildman–Crippen MR) is 110 cm³/mol. The van der Waals surface area contributed by atoms with E-state index in [4.69, 9.17) is 9.47 Å². The number of rotatable bonds is 7. The number of esters is 1. The van der Waals surface area contributed by atoms with Gasteiger partial charge in [-0.2, -0.15) is 0 Å². The number of hydrogen-bond acceptors (Lipinski definition) is 6. The van der Waals surface area contributed by atoms with Crippen molar-refractivity contribution >= 4 is 29.5 Å². The van der Waals surface area contributed by atoms with E-state index in [1.165, 1.54) is 18.2 Å². The van der Waals surface area contributed by atoms with Gasteiger partial charge in [0.1, 0.15) is 5.57 Å². The highest BCUT2D eigenvalue weighted by atomic mass is 16.6. The topological polar surface area (TPSA) is 94.2 Å². The molecule has 2 amide bonds. The first-order valence-electron chi connectivity index (χ1n) is 9.38. The molecule has 1 aliphatic rings. The van der Waals surface area contributed by atoms with Crippen molar-refractivity contribution in [1.82, 2.24) is 5.43 Å². The van der Waals surface area contributed by atoms with E-state index < -0.39 is 23.9 Å². The number of carbonyl (C=O) groups excluding carboxylic acids is 3. The smallest absolute Gasteiger partial charge is 0.346 e. The fourth-order valence-corrected chi connectivity index (χ4v) is 2.87. The zero-order chi connectivity index (χ0) is 21.7. The largest absolute Gasteiger partial charge is 0.490 e. The second-order valence-corrected chi connectivity index (χ2v) is 6.40. The number of ether oxygens (including phenoxy) is 3. The lowest BCUT2D eigenvalue weighted by Gasteiger charge is -2.16. The van der Waals surface area contributed by atoms with Gasteiger partial charge in [-0.05, 0) is 49.8 Å². The van der Waals surface area contributed by atoms with Crippen molar-refractivity contribution in [2.45, 2.75) is 20.0 Å². The molecule has 8 nitrogen and oxygen atoms in total. The molecule has 0 saturated carbocycles. The number of hydrogen-bond donors (Lipinski definition) is 1. The summed E-state index contributed by atoms with van der Waals surface area (Å²) in [6.07, 6.45) is 0.663. The SMILES string of the molecule is CCOc1cc(/C=C2/C(=O)NN(c3ccccc3)C2=O)ccc1O[C@@H](C)C(=O)OC. The molecule has 0 bridgehead atoms. The van der Waals surface area contributed by atoms with Crippen molar-refractivity contribution in [2.24, 2.45) is 0 Å². The second-order valence-electron chi connectivity index (χ2n) is 6.40. The maximum Gasteiger partial charge on any atom is 0.346 e. The van der Waals surface area contributed by atoms with E-state index >= 15 is 0 Å². The van der Waals surface area contributed by atoms with Crippen LogP contribution in [0.5, 0.6) is 11.5 Å². The molecule has 2 aromatic rings. The predicted octanol–water partition coefficient (Wildman–Crippen LogP) is 2.49. The molecule has 2 aromatic carbocycles. The maximum atomic E-state index is 12.7. The molecule has 1 saturated heterocycles. The van der Waals surface area contributed by atoms with Gasteiger partial charge >= 0.3 is 5.97 Å². The summed E-state index contributed by atoms with van der Waals surface area (Å²) in [5.74, 6) is -0.735. The first kappa shape index (κ1) is 20.9. The van der Waals surface area contributed by atoms with Crippen LogP contribution in [0, 0.1) is 0 Å². The van der Waals surface area contributed by atoms with Crippen molar-refractivity contribution in [1.29, 1.82) is 0 Å². The number of amides is 2. The van der Waals surface area contributed by atoms with E-state index in [1.807, 2.05) is 13.0 Å². The van der Waals surface area contributed by atoms with Gasteiger partial charge in [-0.25, -0.2) is 9.80 Å². The van der Waals surface area contributed by atoms with Gasteiger partial charge in [-0.15, -0.1) is 0 Å². The second kappa shape index (κ2) is 9.13. The van der Waals surface area contributed by atoms with Crippen LogP contribution in [0.3, 0.4) is 0 Å². The first-order valence-corrected chi connectivity index (χ1v) is 9.38. The van der Waals surface area contributed by atoms with Crippen LogP contribution in [0.1, 0.15) is 19.4 Å². The molecule has 8 heteroatoms. The van der Waals surface area contributed by atoms with Gasteiger partial charge in [0.25, 0.3) is 11.8 Å². The zero-order valence-electron chi connectivity index (χ0n) is 16.9. The van der Waals surface area contributed by atoms with Gasteiger partial charge in [-0.1, -0.05) is 24.3 Å². The summed E-state index contributed by atoms with van der Waals surface area (Å²) in [5.41, 5.74) is 3.69. The highest BCUT2D eigenvalue weighted by Gasteiger charge is 2.34. The molecule has 1 atom stereocenters. The van der Waals surface area contributed by atoms with Crippen molar-refractivity contribution in [2.75, 3.05) is 18.7 Å². The Labute approximate surface area is 174 Å². The number of nitrogens with zero attached hydrogens (tertiary/aromatic N) is 1. The molecule has 1 heterocycles. The summed E-state index contributed by atoms with van der Waals surface area (Å²) in [6.45, 7) is 3.74. The quantitative estimate of drug-likeness (QED) is 0.428. The lowest BCUT2D eigenvalue weighted by molar-refractivity contribution is -0.148. The third-order valence-corrected chi connectivity index (χ3v) is 4.32. The van der Waals surface area contributed by atoms with Gasteiger partial charge in [0.2, 0.25) is 0 Å². The molecule has 0 spiro atoms. The Kier molecular flexibility index (Phi) is 6.36. The number of benzene rings is 2. The Morgan fingerprint density at radius 2 is 1.87 bits per heavy atom. The minimum Gasteiger partial charge on any atom is -0.490 e. The van der Waals surface area contributed by atoms with Crippen molar-refractivity contribution in [3.8, 4) is 11.5 Å². The van der Waals surface area contributed by atoms with E-state index in [0.717, 1.165) is 0 Å². The summed E-state index contributed by atoms with van der Waals surface area (Å²) in [7, 11) is 1.28. The number of para-hydroxylation sites is 1. The number of anilines is 1. The fourth-order valence-electron chi connectivity index (χ4n) is 2.87. The molecule has 0 unspecified atom stereocenters. The molecule has 0 aromatic heterocycles. The van der Waals surface area contributed by atoms with Gasteiger partial charge in [0.15, 0.2) is 17.6 Å². The molecule has 3 rings (SSSR count). The molecular formula is C22H22N2O6. The van der Waals surface area contributed by atoms with E-state index in [0.29, 0.717) is 29.4 Å². The van der Waals surface area contributed by atoms with Crippen molar-refractivity contribution in [3.63, 3.8) is 0 Å². The minimum absolute atomic E-state index is 0.00195. The lowest BCUT2D eigenvalue weighted by Crippen LogP contribution is -2.35. The van der Waals surface area contributed by atoms with E-state index in [-0.39, 0.29) is 5.57 Å². The molecule has 0 aliphatic carbocycles. The van der Waals surface area contributed by atoms with Crippen LogP contribution in [0.2, 0.25) is 0 Å². The third-order valence-electron chi connectivity index (χ3n) is 4.32. The van der Waals surface area contributed by atoms with Crippen LogP contribution < -0.4 is 19.9 Å². The average Bonchev–Trinajstić information content (AvgIpc) is 3.04. The maximum absolute atomic E-state index is 12.7. The Morgan fingerprint density at radius 1 is 1.13 bits per heavy atom. The molecule has 30 heavy (non-hydrogen) atoms. The normalized spacial score (nSPS) is 15.7. The third kappa shape index (κ3) is 4.43. The van der Waals surface area contributed by atoms with Gasteiger partial charge in [0.05, 0.1) is 19.4 Å². The number of hydrazine groups is 1. The summed E-state index contributed by atoms with van der Waals surface area (Å²) in [6, 6.07) is 13.7. The Balaban J connectivity index is 1.87. The Bertz CT molecular complexity index is 986. The number of methoxy groups -OCH3 is 1. The zero-order valence-corrected chi connectivity index (χ0v) is 16.9. The van der Waals surface area contributed by atoms with E-state index in [2.05, 4.69) is 10.2 Å². The first-order chi connectivity index (χ1) is 14.4. The molecular weight excluding hydrogens is 388 g/mol. The summed E-state index contributed by atoms with van der Waals surface area (Å²) < 4.78 is 15.9. The Hall–Kier alpha value is -3.81. The number of nitrogens with one attached hydrogen (secondary N) is 1. The highest BCUT2D eigenvalue weighted by molar-refractivity contribution is 6.31. The molecule has 1 N–H and O–H groups in total. The minimum atomic E-state index is -0.819. The fraction of sp³-hybridized carbons (Fsp3) is 0.227. The van der Waals surface area contributed by atoms with Crippen molar-refractivity contribution < 1.29 is 28.6 Å². The van der Waals surface area contributed by atoms with Crippen LogP contribution in [-0.2, 0) is 19.1 Å². The monoisotopic (exact) mass is 410 g/mol. The molecule has 156 valence electrons. The van der Waals surface area contributed by atoms with Crippen LogP contribution in [-0.4, -0.2) is 37.6 Å². The molecule has 1 aliphatic heterocycles. The van der Waals surface area contributed by atoms with Gasteiger partial charge < -0.3 is 14.2 Å². The van der Waals surface area contributed by atoms with E-state index in [1.54, 1.807) is 49.4 Å². The highest BCUT2D eigenvalue weighted by Crippen LogP contribution is 2.31. The number of carbonyl (C=O) groups is 3. The standard InChI is InChI=1S/C22H22N2O6/c1-4-29-19-13-15(10-11-18(19)30-14(2)22(27)28-3)12-17-20(25)23-24(21(17)26)16-8-6-5-7-9-16/h5-14H,4H2,1-3H3,(H,23,25)/b17-12-/t14-/m0/s1. The van der Waals surface area contributed by atoms with Crippen molar-refractivity contribution in [3.05, 3.63) is 59.7 Å². The Morgan fingerprint density at radius 3 is 2.53 bits per heavy atom. The van der Waals surface area contributed by atoms with E-state index in [9.17, 15) is 14.4 Å². The summed E-state index contributed by atoms with van der Waals surface area (Å²) in [5, 5.41) is 1.20. The molecule has 1 fully saturated rings. The van der Waals surface area contributed by atoms with Crippen LogP contribution in [0.25, 0.3) is 6.08 Å². The van der Waals surface area contributed by atoms with Crippen LogP contribution in [0.4, 0.5) is 5.69 Å². The van der Waals surface area contributed by atoms with Gasteiger partial charge in [-0.3, -0.25) is 15.0 Å².